The molecule has 0 unspecified atom stereocenters. The lowest BCUT2D eigenvalue weighted by atomic mass is 10.0. The molecule has 0 spiro atoms. The minimum Gasteiger partial charge on any atom is -0.493 e. The zero-order valence-electron chi connectivity index (χ0n) is 15.5. The third-order valence-electron chi connectivity index (χ3n) is 3.98. The Hall–Kier alpha value is -3.22. The van der Waals surface area contributed by atoms with Gasteiger partial charge in [0, 0.05) is 0 Å². The predicted molar refractivity (Wildman–Crippen MR) is 99.4 cm³/mol. The van der Waals surface area contributed by atoms with E-state index >= 15 is 0 Å². The Kier molecular flexibility index (Phi) is 7.05. The zero-order valence-corrected chi connectivity index (χ0v) is 15.5. The number of para-hydroxylation sites is 1. The van der Waals surface area contributed by atoms with Crippen molar-refractivity contribution in [2.75, 3.05) is 20.8 Å². The van der Waals surface area contributed by atoms with Crippen molar-refractivity contribution in [1.29, 1.82) is 0 Å². The molecule has 2 aromatic rings. The van der Waals surface area contributed by atoms with Crippen molar-refractivity contribution >= 4 is 11.9 Å². The van der Waals surface area contributed by atoms with Crippen molar-refractivity contribution in [2.45, 2.75) is 19.4 Å². The van der Waals surface area contributed by atoms with E-state index < -0.39 is 17.9 Å². The molecule has 0 bridgehead atoms. The molecule has 0 aliphatic carbocycles. The average molecular weight is 373 g/mol. The van der Waals surface area contributed by atoms with E-state index in [1.54, 1.807) is 24.3 Å². The topological polar surface area (TPSA) is 94.1 Å². The maximum Gasteiger partial charge on any atom is 0.305 e. The van der Waals surface area contributed by atoms with E-state index in [0.29, 0.717) is 22.8 Å². The van der Waals surface area contributed by atoms with Crippen LogP contribution in [-0.4, -0.2) is 37.8 Å². The summed E-state index contributed by atoms with van der Waals surface area (Å²) in [6.07, 6.45) is -0.272. The van der Waals surface area contributed by atoms with Gasteiger partial charge in [-0.25, -0.2) is 0 Å². The number of amides is 1. The number of carbonyl (C=O) groups is 2. The molecule has 1 atom stereocenters. The molecule has 2 N–H and O–H groups in total. The molecule has 0 aliphatic rings. The molecule has 7 nitrogen and oxygen atoms in total. The van der Waals surface area contributed by atoms with E-state index in [9.17, 15) is 14.7 Å². The van der Waals surface area contributed by atoms with Crippen LogP contribution in [0.1, 0.15) is 23.6 Å². The molecule has 27 heavy (non-hydrogen) atoms. The molecule has 7 heteroatoms. The van der Waals surface area contributed by atoms with Crippen LogP contribution in [0.5, 0.6) is 17.2 Å². The molecule has 2 aromatic carbocycles. The highest BCUT2D eigenvalue weighted by Gasteiger charge is 2.20. The first-order valence-corrected chi connectivity index (χ1v) is 8.36. The van der Waals surface area contributed by atoms with Crippen molar-refractivity contribution in [2.24, 2.45) is 0 Å². The molecule has 1 amide bonds. The SMILES string of the molecule is COc1ccc([C@H](CC(=O)O)NC(=O)COc2ccccc2C)cc1OC. The first-order valence-electron chi connectivity index (χ1n) is 8.36. The number of hydrogen-bond acceptors (Lipinski definition) is 5. The minimum atomic E-state index is -1.03. The van der Waals surface area contributed by atoms with E-state index in [2.05, 4.69) is 5.32 Å². The van der Waals surface area contributed by atoms with Gasteiger partial charge < -0.3 is 24.6 Å². The largest absolute Gasteiger partial charge is 0.493 e. The van der Waals surface area contributed by atoms with Gasteiger partial charge in [-0.1, -0.05) is 24.3 Å². The van der Waals surface area contributed by atoms with Crippen molar-refractivity contribution in [3.8, 4) is 17.2 Å². The lowest BCUT2D eigenvalue weighted by molar-refractivity contribution is -0.137. The highest BCUT2D eigenvalue weighted by molar-refractivity contribution is 5.79. The van der Waals surface area contributed by atoms with E-state index in [0.717, 1.165) is 5.56 Å². The molecule has 0 saturated carbocycles. The summed E-state index contributed by atoms with van der Waals surface area (Å²) in [6, 6.07) is 11.6. The molecule has 2 rings (SSSR count). The lowest BCUT2D eigenvalue weighted by Gasteiger charge is -2.19. The minimum absolute atomic E-state index is 0.214. The Morgan fingerprint density at radius 3 is 2.37 bits per heavy atom. The Balaban J connectivity index is 2.11. The van der Waals surface area contributed by atoms with Crippen LogP contribution < -0.4 is 19.5 Å². The lowest BCUT2D eigenvalue weighted by Crippen LogP contribution is -2.34. The number of aliphatic carboxylic acids is 1. The van der Waals surface area contributed by atoms with Crippen molar-refractivity contribution in [1.82, 2.24) is 5.32 Å². The number of benzene rings is 2. The van der Waals surface area contributed by atoms with Crippen LogP contribution in [0.25, 0.3) is 0 Å². The third kappa shape index (κ3) is 5.64. The molecular formula is C20H23NO6. The summed E-state index contributed by atoms with van der Waals surface area (Å²) < 4.78 is 15.9. The number of ether oxygens (including phenoxy) is 3. The van der Waals surface area contributed by atoms with Crippen molar-refractivity contribution in [3.05, 3.63) is 53.6 Å². The molecule has 0 fully saturated rings. The van der Waals surface area contributed by atoms with Gasteiger partial charge in [0.1, 0.15) is 5.75 Å². The first kappa shape index (κ1) is 20.1. The van der Waals surface area contributed by atoms with Gasteiger partial charge >= 0.3 is 5.97 Å². The summed E-state index contributed by atoms with van der Waals surface area (Å²) in [7, 11) is 3.00. The molecule has 0 radical (unpaired) electrons. The van der Waals surface area contributed by atoms with Crippen LogP contribution in [0.15, 0.2) is 42.5 Å². The second kappa shape index (κ2) is 9.47. The number of methoxy groups -OCH3 is 2. The van der Waals surface area contributed by atoms with Gasteiger partial charge in [0.25, 0.3) is 5.91 Å². The molecule has 144 valence electrons. The fourth-order valence-electron chi connectivity index (χ4n) is 2.59. The summed E-state index contributed by atoms with van der Waals surface area (Å²) in [5.41, 5.74) is 1.51. The zero-order chi connectivity index (χ0) is 19.8. The highest BCUT2D eigenvalue weighted by Crippen LogP contribution is 2.31. The Morgan fingerprint density at radius 1 is 1.04 bits per heavy atom. The van der Waals surface area contributed by atoms with Crippen LogP contribution in [0.3, 0.4) is 0 Å². The summed E-state index contributed by atoms with van der Waals surface area (Å²) in [4.78, 5) is 23.5. The highest BCUT2D eigenvalue weighted by atomic mass is 16.5. The molecule has 0 aliphatic heterocycles. The Labute approximate surface area is 157 Å². The second-order valence-electron chi connectivity index (χ2n) is 5.89. The summed E-state index contributed by atoms with van der Waals surface area (Å²) in [6.45, 7) is 1.67. The van der Waals surface area contributed by atoms with E-state index in [1.807, 2.05) is 25.1 Å². The summed E-state index contributed by atoms with van der Waals surface area (Å²) >= 11 is 0. The van der Waals surface area contributed by atoms with Crippen LogP contribution in [0.4, 0.5) is 0 Å². The van der Waals surface area contributed by atoms with Crippen LogP contribution in [0, 0.1) is 6.92 Å². The molecule has 0 saturated heterocycles. The number of carboxylic acid groups (broad SMARTS) is 1. The van der Waals surface area contributed by atoms with Crippen LogP contribution in [0.2, 0.25) is 0 Å². The van der Waals surface area contributed by atoms with Crippen molar-refractivity contribution < 1.29 is 28.9 Å². The van der Waals surface area contributed by atoms with Crippen molar-refractivity contribution in [3.63, 3.8) is 0 Å². The standard InChI is InChI=1S/C20H23NO6/c1-13-6-4-5-7-16(13)27-12-19(22)21-15(11-20(23)24)14-8-9-17(25-2)18(10-14)26-3/h4-10,15H,11-12H2,1-3H3,(H,21,22)(H,23,24)/t15-/m0/s1. The fraction of sp³-hybridized carbons (Fsp3) is 0.300. The quantitative estimate of drug-likeness (QED) is 0.702. The average Bonchev–Trinajstić information content (AvgIpc) is 2.66. The predicted octanol–water partition coefficient (Wildman–Crippen LogP) is 2.72. The van der Waals surface area contributed by atoms with Crippen LogP contribution in [-0.2, 0) is 9.59 Å². The first-order chi connectivity index (χ1) is 12.9. The smallest absolute Gasteiger partial charge is 0.305 e. The maximum atomic E-state index is 12.3. The number of aryl methyl sites for hydroxylation is 1. The number of hydrogen-bond donors (Lipinski definition) is 2. The Morgan fingerprint density at radius 2 is 1.74 bits per heavy atom. The summed E-state index contributed by atoms with van der Waals surface area (Å²) in [5.74, 6) is 0.128. The number of carboxylic acids is 1. The van der Waals surface area contributed by atoms with Gasteiger partial charge in [0.05, 0.1) is 26.7 Å². The van der Waals surface area contributed by atoms with Crippen LogP contribution >= 0.6 is 0 Å². The number of carbonyl (C=O) groups excluding carboxylic acids is 1. The van der Waals surface area contributed by atoms with E-state index in [1.165, 1.54) is 14.2 Å². The Bertz CT molecular complexity index is 805. The third-order valence-corrected chi connectivity index (χ3v) is 3.98. The van der Waals surface area contributed by atoms with Gasteiger partial charge in [0.2, 0.25) is 0 Å². The number of rotatable bonds is 9. The maximum absolute atomic E-state index is 12.3. The van der Waals surface area contributed by atoms with Gasteiger partial charge in [-0.3, -0.25) is 9.59 Å². The number of nitrogens with one attached hydrogen (secondary N) is 1. The fourth-order valence-corrected chi connectivity index (χ4v) is 2.59. The monoisotopic (exact) mass is 373 g/mol. The van der Waals surface area contributed by atoms with Gasteiger partial charge in [0.15, 0.2) is 18.1 Å². The van der Waals surface area contributed by atoms with E-state index in [-0.39, 0.29) is 13.0 Å². The van der Waals surface area contributed by atoms with Gasteiger partial charge in [-0.15, -0.1) is 0 Å². The molecule has 0 heterocycles. The van der Waals surface area contributed by atoms with Gasteiger partial charge in [-0.2, -0.15) is 0 Å². The normalized spacial score (nSPS) is 11.4. The molecule has 0 aromatic heterocycles. The van der Waals surface area contributed by atoms with Gasteiger partial charge in [-0.05, 0) is 36.2 Å². The second-order valence-corrected chi connectivity index (χ2v) is 5.89. The summed E-state index contributed by atoms with van der Waals surface area (Å²) in [5, 5.41) is 11.9. The van der Waals surface area contributed by atoms with E-state index in [4.69, 9.17) is 14.2 Å². The molecular weight excluding hydrogens is 350 g/mol.